The first-order chi connectivity index (χ1) is 13.8. The molecule has 1 amide bonds. The standard InChI is InChI=1S/C23H29ClN2O3/c1-13-11-17-18(12-14(13)2)29-22-19(21(17)27)20(15-5-7-16(24)8-6-15)26(23(22)28)10-9-25(3)4/h5-8,13-14,17-18,20H,9-12H2,1-4H3. The van der Waals surface area contributed by atoms with Crippen molar-refractivity contribution in [2.45, 2.75) is 38.8 Å². The minimum Gasteiger partial charge on any atom is -0.483 e. The Kier molecular flexibility index (Phi) is 5.47. The molecular formula is C23H29ClN2O3. The molecule has 0 radical (unpaired) electrons. The predicted molar refractivity (Wildman–Crippen MR) is 112 cm³/mol. The Morgan fingerprint density at radius 2 is 1.76 bits per heavy atom. The highest BCUT2D eigenvalue weighted by molar-refractivity contribution is 6.30. The van der Waals surface area contributed by atoms with Gasteiger partial charge in [0.05, 0.1) is 17.5 Å². The molecule has 0 saturated heterocycles. The van der Waals surface area contributed by atoms with Crippen molar-refractivity contribution >= 4 is 23.3 Å². The molecule has 0 aromatic heterocycles. The zero-order chi connectivity index (χ0) is 20.9. The maximum Gasteiger partial charge on any atom is 0.290 e. The van der Waals surface area contributed by atoms with Crippen molar-refractivity contribution < 1.29 is 14.3 Å². The number of fused-ring (bicyclic) bond motifs is 1. The van der Waals surface area contributed by atoms with E-state index in [2.05, 4.69) is 13.8 Å². The number of ketones is 1. The number of amides is 1. The van der Waals surface area contributed by atoms with Gasteiger partial charge in [-0.1, -0.05) is 37.6 Å². The molecule has 0 spiro atoms. The van der Waals surface area contributed by atoms with E-state index in [1.54, 1.807) is 4.90 Å². The van der Waals surface area contributed by atoms with Crippen LogP contribution in [0.2, 0.25) is 5.02 Å². The van der Waals surface area contributed by atoms with E-state index in [1.807, 2.05) is 43.3 Å². The average molecular weight is 417 g/mol. The van der Waals surface area contributed by atoms with Crippen molar-refractivity contribution in [2.24, 2.45) is 17.8 Å². The summed E-state index contributed by atoms with van der Waals surface area (Å²) in [6.07, 6.45) is 1.46. The van der Waals surface area contributed by atoms with E-state index in [1.165, 1.54) is 0 Å². The van der Waals surface area contributed by atoms with Gasteiger partial charge in [0.2, 0.25) is 0 Å². The summed E-state index contributed by atoms with van der Waals surface area (Å²) in [5.41, 5.74) is 1.44. The molecule has 1 aromatic carbocycles. The molecule has 29 heavy (non-hydrogen) atoms. The van der Waals surface area contributed by atoms with Gasteiger partial charge in [-0.2, -0.15) is 0 Å². The first-order valence-corrected chi connectivity index (χ1v) is 10.8. The zero-order valence-corrected chi connectivity index (χ0v) is 18.3. The molecule has 1 aromatic rings. The Hall–Kier alpha value is -1.85. The number of carbonyl (C=O) groups is 2. The lowest BCUT2D eigenvalue weighted by Crippen LogP contribution is -2.43. The van der Waals surface area contributed by atoms with Gasteiger partial charge in [0, 0.05) is 18.1 Å². The van der Waals surface area contributed by atoms with Gasteiger partial charge in [-0.25, -0.2) is 0 Å². The highest BCUT2D eigenvalue weighted by atomic mass is 35.5. The number of benzene rings is 1. The largest absolute Gasteiger partial charge is 0.483 e. The number of hydrogen-bond acceptors (Lipinski definition) is 4. The van der Waals surface area contributed by atoms with Crippen molar-refractivity contribution in [1.82, 2.24) is 9.80 Å². The lowest BCUT2D eigenvalue weighted by Gasteiger charge is -2.40. The van der Waals surface area contributed by atoms with Gasteiger partial charge in [0.15, 0.2) is 11.5 Å². The maximum atomic E-state index is 13.6. The fourth-order valence-corrected chi connectivity index (χ4v) is 4.96. The lowest BCUT2D eigenvalue weighted by molar-refractivity contribution is -0.137. The van der Waals surface area contributed by atoms with Crippen molar-refractivity contribution in [1.29, 1.82) is 0 Å². The molecule has 2 heterocycles. The summed E-state index contributed by atoms with van der Waals surface area (Å²) in [4.78, 5) is 30.8. The Morgan fingerprint density at radius 3 is 2.41 bits per heavy atom. The summed E-state index contributed by atoms with van der Waals surface area (Å²) in [6.45, 7) is 5.66. The van der Waals surface area contributed by atoms with Crippen LogP contribution in [0.25, 0.3) is 0 Å². The molecule has 5 nitrogen and oxygen atoms in total. The van der Waals surface area contributed by atoms with E-state index >= 15 is 0 Å². The maximum absolute atomic E-state index is 13.6. The molecule has 6 heteroatoms. The Morgan fingerprint density at radius 1 is 1.10 bits per heavy atom. The third kappa shape index (κ3) is 3.59. The zero-order valence-electron chi connectivity index (χ0n) is 17.5. The van der Waals surface area contributed by atoms with Crippen LogP contribution in [0.4, 0.5) is 0 Å². The highest BCUT2D eigenvalue weighted by Crippen LogP contribution is 2.48. The number of Topliss-reactive ketones (excluding diaryl/α,β-unsaturated/α-hetero) is 1. The summed E-state index contributed by atoms with van der Waals surface area (Å²) < 4.78 is 6.26. The molecular weight excluding hydrogens is 388 g/mol. The van der Waals surface area contributed by atoms with Crippen molar-refractivity contribution in [2.75, 3.05) is 27.2 Å². The summed E-state index contributed by atoms with van der Waals surface area (Å²) in [5, 5.41) is 0.633. The van der Waals surface area contributed by atoms with Gasteiger partial charge >= 0.3 is 0 Å². The number of halogens is 1. The number of hydrogen-bond donors (Lipinski definition) is 0. The topological polar surface area (TPSA) is 49.9 Å². The van der Waals surface area contributed by atoms with Crippen LogP contribution < -0.4 is 0 Å². The smallest absolute Gasteiger partial charge is 0.290 e. The van der Waals surface area contributed by atoms with E-state index in [4.69, 9.17) is 16.3 Å². The fraction of sp³-hybridized carbons (Fsp3) is 0.565. The van der Waals surface area contributed by atoms with E-state index in [0.29, 0.717) is 35.5 Å². The van der Waals surface area contributed by atoms with Crippen LogP contribution in [-0.4, -0.2) is 54.8 Å². The lowest BCUT2D eigenvalue weighted by atomic mass is 9.70. The van der Waals surface area contributed by atoms with Gasteiger partial charge in [-0.15, -0.1) is 0 Å². The fourth-order valence-electron chi connectivity index (χ4n) is 4.84. The quantitative estimate of drug-likeness (QED) is 0.751. The van der Waals surface area contributed by atoms with Crippen molar-refractivity contribution in [3.8, 4) is 0 Å². The Labute approximate surface area is 177 Å². The van der Waals surface area contributed by atoms with E-state index in [0.717, 1.165) is 18.4 Å². The Balaban J connectivity index is 1.74. The van der Waals surface area contributed by atoms with Crippen molar-refractivity contribution in [3.05, 3.63) is 46.2 Å². The van der Waals surface area contributed by atoms with E-state index in [-0.39, 0.29) is 29.5 Å². The first-order valence-electron chi connectivity index (χ1n) is 10.4. The second-order valence-electron chi connectivity index (χ2n) is 9.05. The number of rotatable bonds is 4. The monoisotopic (exact) mass is 416 g/mol. The second-order valence-corrected chi connectivity index (χ2v) is 9.49. The number of nitrogens with zero attached hydrogens (tertiary/aromatic N) is 2. The minimum atomic E-state index is -0.405. The van der Waals surface area contributed by atoms with Crippen molar-refractivity contribution in [3.63, 3.8) is 0 Å². The van der Waals surface area contributed by atoms with Crippen LogP contribution in [0, 0.1) is 17.8 Å². The summed E-state index contributed by atoms with van der Waals surface area (Å²) in [6, 6.07) is 7.03. The number of carbonyl (C=O) groups excluding carboxylic acids is 2. The third-order valence-electron chi connectivity index (χ3n) is 6.78. The molecule has 1 aliphatic carbocycles. The average Bonchev–Trinajstić information content (AvgIpc) is 2.95. The molecule has 156 valence electrons. The predicted octanol–water partition coefficient (Wildman–Crippen LogP) is 3.69. The molecule has 1 saturated carbocycles. The normalized spacial score (nSPS) is 31.8. The molecule has 0 bridgehead atoms. The third-order valence-corrected chi connectivity index (χ3v) is 7.03. The summed E-state index contributed by atoms with van der Waals surface area (Å²) in [5.74, 6) is 1.00. The summed E-state index contributed by atoms with van der Waals surface area (Å²) in [7, 11) is 3.95. The summed E-state index contributed by atoms with van der Waals surface area (Å²) >= 11 is 6.08. The van der Waals surface area contributed by atoms with Gasteiger partial charge < -0.3 is 14.5 Å². The number of ether oxygens (including phenoxy) is 1. The minimum absolute atomic E-state index is 0.0932. The molecule has 3 aliphatic rings. The second kappa shape index (κ2) is 7.77. The molecule has 0 N–H and O–H groups in total. The van der Waals surface area contributed by atoms with Crippen LogP contribution in [0.3, 0.4) is 0 Å². The molecule has 4 rings (SSSR count). The van der Waals surface area contributed by atoms with E-state index in [9.17, 15) is 9.59 Å². The van der Waals surface area contributed by atoms with Crippen LogP contribution in [-0.2, 0) is 14.3 Å². The molecule has 5 atom stereocenters. The van der Waals surface area contributed by atoms with Crippen LogP contribution >= 0.6 is 11.6 Å². The van der Waals surface area contributed by atoms with E-state index < -0.39 is 6.04 Å². The first kappa shape index (κ1) is 20.4. The van der Waals surface area contributed by atoms with Gasteiger partial charge in [0.1, 0.15) is 6.10 Å². The SMILES string of the molecule is CC1CC2OC3=C(C(=O)C2CC1C)C(c1ccc(Cl)cc1)N(CCN(C)C)C3=O. The van der Waals surface area contributed by atoms with Gasteiger partial charge in [-0.3, -0.25) is 9.59 Å². The molecule has 1 fully saturated rings. The van der Waals surface area contributed by atoms with Crippen LogP contribution in [0.5, 0.6) is 0 Å². The Bertz CT molecular complexity index is 848. The number of likely N-dealkylation sites (N-methyl/N-ethyl adjacent to an activating group) is 1. The molecule has 5 unspecified atom stereocenters. The van der Waals surface area contributed by atoms with Gasteiger partial charge in [-0.05, 0) is 56.5 Å². The van der Waals surface area contributed by atoms with Crippen LogP contribution in [0.1, 0.15) is 38.3 Å². The molecule has 2 aliphatic heterocycles. The van der Waals surface area contributed by atoms with Gasteiger partial charge in [0.25, 0.3) is 5.91 Å². The highest BCUT2D eigenvalue weighted by Gasteiger charge is 2.53. The van der Waals surface area contributed by atoms with Crippen LogP contribution in [0.15, 0.2) is 35.6 Å².